The Hall–Kier alpha value is -2.68. The molecule has 3 aromatic rings. The zero-order valence-corrected chi connectivity index (χ0v) is 18.8. The molecule has 1 saturated carbocycles. The number of hydrogen-bond acceptors (Lipinski definition) is 1. The Bertz CT molecular complexity index is 987. The van der Waals surface area contributed by atoms with E-state index in [2.05, 4.69) is 31.2 Å². The Labute approximate surface area is 190 Å². The largest absolute Gasteiger partial charge is 0.463 e. The van der Waals surface area contributed by atoms with Gasteiger partial charge in [0.15, 0.2) is 0 Å². The SMILES string of the molecule is CCCCC1CCC(c2ccc(-c3ccc(-c4ccc(OCF)cc4)c(F)c3)cc2)CC1. The normalized spacial score (nSPS) is 18.5. The molecule has 3 aromatic carbocycles. The van der Waals surface area contributed by atoms with Crippen LogP contribution in [-0.2, 0) is 0 Å². The van der Waals surface area contributed by atoms with Crippen molar-refractivity contribution < 1.29 is 13.5 Å². The minimum absolute atomic E-state index is 0.267. The van der Waals surface area contributed by atoms with Crippen molar-refractivity contribution in [3.8, 4) is 28.0 Å². The lowest BCUT2D eigenvalue weighted by Gasteiger charge is -2.29. The monoisotopic (exact) mass is 434 g/mol. The average Bonchev–Trinajstić information content (AvgIpc) is 2.84. The molecule has 0 aromatic heterocycles. The Morgan fingerprint density at radius 2 is 1.47 bits per heavy atom. The first-order valence-corrected chi connectivity index (χ1v) is 11.9. The highest BCUT2D eigenvalue weighted by atomic mass is 19.1. The van der Waals surface area contributed by atoms with Crippen molar-refractivity contribution in [2.45, 2.75) is 57.8 Å². The number of alkyl halides is 1. The fourth-order valence-electron chi connectivity index (χ4n) is 4.95. The van der Waals surface area contributed by atoms with Crippen LogP contribution in [0.5, 0.6) is 5.75 Å². The predicted octanol–water partition coefficient (Wildman–Crippen LogP) is 8.93. The van der Waals surface area contributed by atoms with Gasteiger partial charge in [0, 0.05) is 5.56 Å². The molecule has 4 rings (SSSR count). The van der Waals surface area contributed by atoms with E-state index >= 15 is 0 Å². The minimum atomic E-state index is -0.874. The van der Waals surface area contributed by atoms with Gasteiger partial charge in [-0.15, -0.1) is 0 Å². The molecule has 0 bridgehead atoms. The van der Waals surface area contributed by atoms with E-state index in [-0.39, 0.29) is 5.82 Å². The molecule has 0 unspecified atom stereocenters. The first-order valence-electron chi connectivity index (χ1n) is 11.9. The van der Waals surface area contributed by atoms with Crippen LogP contribution in [0.25, 0.3) is 22.3 Å². The molecule has 1 aliphatic rings. The van der Waals surface area contributed by atoms with E-state index in [1.807, 2.05) is 6.07 Å². The van der Waals surface area contributed by atoms with E-state index < -0.39 is 6.86 Å². The molecule has 32 heavy (non-hydrogen) atoms. The van der Waals surface area contributed by atoms with Crippen LogP contribution in [0.2, 0.25) is 0 Å². The first-order chi connectivity index (χ1) is 15.7. The van der Waals surface area contributed by atoms with Gasteiger partial charge in [-0.05, 0) is 78.0 Å². The van der Waals surface area contributed by atoms with E-state index in [1.54, 1.807) is 36.4 Å². The summed E-state index contributed by atoms with van der Waals surface area (Å²) >= 11 is 0. The molecule has 0 heterocycles. The number of hydrogen-bond donors (Lipinski definition) is 0. The fraction of sp³-hybridized carbons (Fsp3) is 0.379. The van der Waals surface area contributed by atoms with Gasteiger partial charge in [-0.1, -0.05) is 74.7 Å². The highest BCUT2D eigenvalue weighted by molar-refractivity contribution is 5.71. The molecular formula is C29H32F2O. The van der Waals surface area contributed by atoms with Gasteiger partial charge in [-0.2, -0.15) is 0 Å². The van der Waals surface area contributed by atoms with Crippen LogP contribution in [0.1, 0.15) is 63.4 Å². The fourth-order valence-corrected chi connectivity index (χ4v) is 4.95. The van der Waals surface area contributed by atoms with Gasteiger partial charge in [0.25, 0.3) is 0 Å². The van der Waals surface area contributed by atoms with Crippen molar-refractivity contribution >= 4 is 0 Å². The molecule has 0 spiro atoms. The predicted molar refractivity (Wildman–Crippen MR) is 128 cm³/mol. The van der Waals surface area contributed by atoms with Crippen molar-refractivity contribution in [2.24, 2.45) is 5.92 Å². The van der Waals surface area contributed by atoms with Crippen LogP contribution in [0.3, 0.4) is 0 Å². The summed E-state index contributed by atoms with van der Waals surface area (Å²) in [4.78, 5) is 0. The molecule has 0 N–H and O–H groups in total. The second-order valence-corrected chi connectivity index (χ2v) is 8.95. The summed E-state index contributed by atoms with van der Waals surface area (Å²) in [5, 5.41) is 0. The zero-order chi connectivity index (χ0) is 22.3. The topological polar surface area (TPSA) is 9.23 Å². The Kier molecular flexibility index (Phi) is 7.57. The summed E-state index contributed by atoms with van der Waals surface area (Å²) in [6.07, 6.45) is 9.31. The van der Waals surface area contributed by atoms with Crippen molar-refractivity contribution in [2.75, 3.05) is 6.86 Å². The molecule has 0 saturated heterocycles. The summed E-state index contributed by atoms with van der Waals surface area (Å²) in [5.74, 6) is 1.74. The summed E-state index contributed by atoms with van der Waals surface area (Å²) in [5.41, 5.74) is 4.58. The smallest absolute Gasteiger partial charge is 0.228 e. The van der Waals surface area contributed by atoms with Gasteiger partial charge in [-0.25, -0.2) is 8.78 Å². The molecule has 0 atom stereocenters. The van der Waals surface area contributed by atoms with Crippen LogP contribution in [0.4, 0.5) is 8.78 Å². The van der Waals surface area contributed by atoms with E-state index in [0.29, 0.717) is 17.2 Å². The van der Waals surface area contributed by atoms with Crippen LogP contribution < -0.4 is 4.74 Å². The lowest BCUT2D eigenvalue weighted by molar-refractivity contribution is 0.192. The Morgan fingerprint density at radius 1 is 0.812 bits per heavy atom. The van der Waals surface area contributed by atoms with Gasteiger partial charge in [-0.3, -0.25) is 0 Å². The molecule has 1 fully saturated rings. The van der Waals surface area contributed by atoms with Crippen molar-refractivity contribution in [3.63, 3.8) is 0 Å². The molecule has 1 aliphatic carbocycles. The minimum Gasteiger partial charge on any atom is -0.463 e. The van der Waals surface area contributed by atoms with Gasteiger partial charge in [0.2, 0.25) is 6.86 Å². The second kappa shape index (κ2) is 10.8. The summed E-state index contributed by atoms with van der Waals surface area (Å²) < 4.78 is 32.0. The zero-order valence-electron chi connectivity index (χ0n) is 18.8. The number of ether oxygens (including phenoxy) is 1. The quantitative estimate of drug-likeness (QED) is 0.344. The molecule has 3 heteroatoms. The third-order valence-corrected chi connectivity index (χ3v) is 6.88. The maximum atomic E-state index is 14.9. The Morgan fingerprint density at radius 3 is 2.09 bits per heavy atom. The van der Waals surface area contributed by atoms with Crippen LogP contribution >= 0.6 is 0 Å². The first kappa shape index (κ1) is 22.5. The molecule has 0 aliphatic heterocycles. The number of halogens is 2. The van der Waals surface area contributed by atoms with E-state index in [1.165, 1.54) is 50.5 Å². The molecule has 168 valence electrons. The molecule has 0 amide bonds. The third kappa shape index (κ3) is 5.38. The van der Waals surface area contributed by atoms with Gasteiger partial charge >= 0.3 is 0 Å². The summed E-state index contributed by atoms with van der Waals surface area (Å²) in [6.45, 7) is 1.40. The Balaban J connectivity index is 1.42. The summed E-state index contributed by atoms with van der Waals surface area (Å²) in [7, 11) is 0. The van der Waals surface area contributed by atoms with Crippen molar-refractivity contribution in [1.82, 2.24) is 0 Å². The molecular weight excluding hydrogens is 402 g/mol. The summed E-state index contributed by atoms with van der Waals surface area (Å²) in [6, 6.07) is 20.8. The number of benzene rings is 3. The van der Waals surface area contributed by atoms with E-state index in [4.69, 9.17) is 4.74 Å². The highest BCUT2D eigenvalue weighted by Gasteiger charge is 2.22. The molecule has 1 nitrogen and oxygen atoms in total. The van der Waals surface area contributed by atoms with Gasteiger partial charge < -0.3 is 4.74 Å². The van der Waals surface area contributed by atoms with Crippen LogP contribution in [0, 0.1) is 11.7 Å². The van der Waals surface area contributed by atoms with E-state index in [0.717, 1.165) is 22.6 Å². The number of unbranched alkanes of at least 4 members (excludes halogenated alkanes) is 1. The van der Waals surface area contributed by atoms with Crippen LogP contribution in [-0.4, -0.2) is 6.86 Å². The maximum Gasteiger partial charge on any atom is 0.228 e. The lowest BCUT2D eigenvalue weighted by Crippen LogP contribution is -2.13. The second-order valence-electron chi connectivity index (χ2n) is 8.95. The van der Waals surface area contributed by atoms with E-state index in [9.17, 15) is 8.78 Å². The standard InChI is InChI=1S/C29H32F2O/c1-2-3-4-21-5-7-22(8-6-21)23-9-11-24(12-10-23)26-15-18-28(29(31)19-26)25-13-16-27(17-14-25)32-20-30/h9-19,21-22H,2-8,20H2,1H3. The molecule has 0 radical (unpaired) electrons. The van der Waals surface area contributed by atoms with Crippen molar-refractivity contribution in [3.05, 3.63) is 78.1 Å². The maximum absolute atomic E-state index is 14.9. The number of rotatable bonds is 8. The van der Waals surface area contributed by atoms with Crippen molar-refractivity contribution in [1.29, 1.82) is 0 Å². The van der Waals surface area contributed by atoms with Crippen LogP contribution in [0.15, 0.2) is 66.7 Å². The average molecular weight is 435 g/mol. The highest BCUT2D eigenvalue weighted by Crippen LogP contribution is 2.38. The van der Waals surface area contributed by atoms with Gasteiger partial charge in [0.05, 0.1) is 0 Å². The lowest BCUT2D eigenvalue weighted by atomic mass is 9.77. The van der Waals surface area contributed by atoms with Gasteiger partial charge in [0.1, 0.15) is 11.6 Å². The third-order valence-electron chi connectivity index (χ3n) is 6.88.